The number of piperidine rings is 1. The molecule has 0 radical (unpaired) electrons. The molecule has 122 valence electrons. The summed E-state index contributed by atoms with van der Waals surface area (Å²) in [4.78, 5) is 14.9. The highest BCUT2D eigenvalue weighted by Gasteiger charge is 2.31. The van der Waals surface area contributed by atoms with Crippen molar-refractivity contribution in [3.05, 3.63) is 29.8 Å². The maximum absolute atomic E-state index is 12.9. The van der Waals surface area contributed by atoms with E-state index in [9.17, 15) is 13.2 Å². The third-order valence-corrected chi connectivity index (χ3v) is 6.63. The molecule has 0 aliphatic carbocycles. The molecule has 1 heterocycles. The van der Waals surface area contributed by atoms with Gasteiger partial charge in [0.25, 0.3) is 5.91 Å². The van der Waals surface area contributed by atoms with Gasteiger partial charge in [-0.05, 0) is 51.7 Å². The van der Waals surface area contributed by atoms with Crippen LogP contribution in [-0.4, -0.2) is 37.1 Å². The van der Waals surface area contributed by atoms with Crippen molar-refractivity contribution in [2.45, 2.75) is 56.7 Å². The predicted molar refractivity (Wildman–Crippen MR) is 87.7 cm³/mol. The van der Waals surface area contributed by atoms with Gasteiger partial charge in [-0.25, -0.2) is 8.42 Å². The zero-order chi connectivity index (χ0) is 16.5. The number of amides is 1. The molecule has 0 N–H and O–H groups in total. The first-order chi connectivity index (χ1) is 10.2. The van der Waals surface area contributed by atoms with Crippen molar-refractivity contribution in [2.75, 3.05) is 6.54 Å². The Morgan fingerprint density at radius 1 is 1.18 bits per heavy atom. The molecule has 0 saturated carbocycles. The van der Waals surface area contributed by atoms with Gasteiger partial charge in [0, 0.05) is 12.6 Å². The van der Waals surface area contributed by atoms with Crippen molar-refractivity contribution in [3.63, 3.8) is 0 Å². The van der Waals surface area contributed by atoms with Gasteiger partial charge >= 0.3 is 0 Å². The van der Waals surface area contributed by atoms with Gasteiger partial charge < -0.3 is 4.90 Å². The van der Waals surface area contributed by atoms with Crippen LogP contribution < -0.4 is 0 Å². The van der Waals surface area contributed by atoms with E-state index in [2.05, 4.69) is 6.92 Å². The van der Waals surface area contributed by atoms with E-state index in [0.717, 1.165) is 12.8 Å². The summed E-state index contributed by atoms with van der Waals surface area (Å²) in [7, 11) is -3.47. The maximum Gasteiger partial charge on any atom is 0.255 e. The summed E-state index contributed by atoms with van der Waals surface area (Å²) in [6.07, 6.45) is 2.07. The van der Waals surface area contributed by atoms with Crippen molar-refractivity contribution in [3.8, 4) is 0 Å². The topological polar surface area (TPSA) is 54.5 Å². The number of benzene rings is 1. The highest BCUT2D eigenvalue weighted by atomic mass is 32.2. The number of carbonyl (C=O) groups excluding carboxylic acids is 1. The Bertz CT molecular complexity index is 652. The fraction of sp³-hybridized carbons (Fsp3) is 0.588. The van der Waals surface area contributed by atoms with Crippen LogP contribution >= 0.6 is 0 Å². The predicted octanol–water partition coefficient (Wildman–Crippen LogP) is 3.13. The summed E-state index contributed by atoms with van der Waals surface area (Å²) in [5.41, 5.74) is 0.303. The molecular formula is C17H25NO3S. The van der Waals surface area contributed by atoms with Crippen LogP contribution in [-0.2, 0) is 9.84 Å². The van der Waals surface area contributed by atoms with Crippen molar-refractivity contribution >= 4 is 15.7 Å². The molecule has 0 bridgehead atoms. The molecule has 1 amide bonds. The molecule has 0 unspecified atom stereocenters. The number of nitrogens with zero attached hydrogens (tertiary/aromatic N) is 1. The van der Waals surface area contributed by atoms with Crippen molar-refractivity contribution in [1.29, 1.82) is 0 Å². The molecule has 1 aliphatic heterocycles. The van der Waals surface area contributed by atoms with Gasteiger partial charge in [0.05, 0.1) is 15.7 Å². The summed E-state index contributed by atoms with van der Waals surface area (Å²) in [6.45, 7) is 8.13. The SMILES string of the molecule is CC(C)S(=O)(=O)c1ccccc1C(=O)N1C[C@H](C)CC[C@H]1C. The smallest absolute Gasteiger partial charge is 0.255 e. The second-order valence-electron chi connectivity index (χ2n) is 6.58. The number of sulfone groups is 1. The first-order valence-corrected chi connectivity index (χ1v) is 9.43. The fourth-order valence-corrected chi connectivity index (χ4v) is 4.11. The van der Waals surface area contributed by atoms with E-state index in [-0.39, 0.29) is 16.8 Å². The van der Waals surface area contributed by atoms with E-state index >= 15 is 0 Å². The van der Waals surface area contributed by atoms with Gasteiger partial charge in [-0.15, -0.1) is 0 Å². The molecule has 4 nitrogen and oxygen atoms in total. The van der Waals surface area contributed by atoms with E-state index in [0.29, 0.717) is 18.0 Å². The zero-order valence-corrected chi connectivity index (χ0v) is 14.6. The molecule has 0 spiro atoms. The van der Waals surface area contributed by atoms with Gasteiger partial charge in [-0.3, -0.25) is 4.79 Å². The second kappa shape index (κ2) is 6.41. The van der Waals surface area contributed by atoms with E-state index < -0.39 is 15.1 Å². The van der Waals surface area contributed by atoms with Gasteiger partial charge in [0.1, 0.15) is 0 Å². The van der Waals surface area contributed by atoms with E-state index in [1.165, 1.54) is 0 Å². The van der Waals surface area contributed by atoms with Gasteiger partial charge in [-0.2, -0.15) is 0 Å². The lowest BCUT2D eigenvalue weighted by Crippen LogP contribution is -2.45. The van der Waals surface area contributed by atoms with Gasteiger partial charge in [0.15, 0.2) is 9.84 Å². The number of carbonyl (C=O) groups is 1. The standard InChI is InChI=1S/C17H25NO3S/c1-12(2)22(20,21)16-8-6-5-7-15(16)17(19)18-11-13(3)9-10-14(18)4/h5-8,12-14H,9-11H2,1-4H3/t13-,14-/m1/s1. The first kappa shape index (κ1) is 17.0. The molecule has 0 aromatic heterocycles. The third-order valence-electron chi connectivity index (χ3n) is 4.42. The van der Waals surface area contributed by atoms with Crippen LogP contribution in [0.3, 0.4) is 0 Å². The number of hydrogen-bond acceptors (Lipinski definition) is 3. The third kappa shape index (κ3) is 3.19. The summed E-state index contributed by atoms with van der Waals surface area (Å²) >= 11 is 0. The molecule has 1 fully saturated rings. The minimum atomic E-state index is -3.47. The molecule has 2 atom stereocenters. The molecule has 5 heteroatoms. The Kier molecular flexibility index (Phi) is 4.95. The fourth-order valence-electron chi connectivity index (χ4n) is 2.87. The Morgan fingerprint density at radius 2 is 1.82 bits per heavy atom. The van der Waals surface area contributed by atoms with Crippen LogP contribution in [0.1, 0.15) is 50.9 Å². The summed E-state index contributed by atoms with van der Waals surface area (Å²) < 4.78 is 25.0. The Hall–Kier alpha value is -1.36. The van der Waals surface area contributed by atoms with Crippen LogP contribution in [0, 0.1) is 5.92 Å². The second-order valence-corrected chi connectivity index (χ2v) is 9.05. The Morgan fingerprint density at radius 3 is 2.45 bits per heavy atom. The minimum Gasteiger partial charge on any atom is -0.336 e. The molecule has 1 aliphatic rings. The average Bonchev–Trinajstić information content (AvgIpc) is 2.49. The molecular weight excluding hydrogens is 298 g/mol. The summed E-state index contributed by atoms with van der Waals surface area (Å²) in [5.74, 6) is 0.285. The largest absolute Gasteiger partial charge is 0.336 e. The van der Waals surface area contributed by atoms with Crippen molar-refractivity contribution in [2.24, 2.45) is 5.92 Å². The maximum atomic E-state index is 12.9. The summed E-state index contributed by atoms with van der Waals surface area (Å²) in [6, 6.07) is 6.72. The molecule has 1 aromatic rings. The molecule has 22 heavy (non-hydrogen) atoms. The summed E-state index contributed by atoms with van der Waals surface area (Å²) in [5, 5.41) is -0.542. The monoisotopic (exact) mass is 323 g/mol. The van der Waals surface area contributed by atoms with Crippen LogP contribution in [0.4, 0.5) is 0 Å². The van der Waals surface area contributed by atoms with E-state index in [4.69, 9.17) is 0 Å². The highest BCUT2D eigenvalue weighted by molar-refractivity contribution is 7.92. The highest BCUT2D eigenvalue weighted by Crippen LogP contribution is 2.27. The quantitative estimate of drug-likeness (QED) is 0.859. The van der Waals surface area contributed by atoms with Gasteiger partial charge in [0.2, 0.25) is 0 Å². The van der Waals surface area contributed by atoms with Crippen molar-refractivity contribution in [1.82, 2.24) is 4.90 Å². The lowest BCUT2D eigenvalue weighted by molar-refractivity contribution is 0.0570. The number of likely N-dealkylation sites (tertiary alicyclic amines) is 1. The van der Waals surface area contributed by atoms with Crippen molar-refractivity contribution < 1.29 is 13.2 Å². The molecule has 1 saturated heterocycles. The van der Waals surface area contributed by atoms with Crippen LogP contribution in [0.5, 0.6) is 0 Å². The van der Waals surface area contributed by atoms with E-state index in [1.54, 1.807) is 38.1 Å². The number of rotatable bonds is 3. The lowest BCUT2D eigenvalue weighted by atomic mass is 9.94. The zero-order valence-electron chi connectivity index (χ0n) is 13.7. The molecule has 2 rings (SSSR count). The number of hydrogen-bond donors (Lipinski definition) is 0. The van der Waals surface area contributed by atoms with E-state index in [1.807, 2.05) is 11.8 Å². The first-order valence-electron chi connectivity index (χ1n) is 7.89. The average molecular weight is 323 g/mol. The Labute approximate surface area is 133 Å². The normalized spacial score (nSPS) is 22.9. The molecule has 1 aromatic carbocycles. The van der Waals surface area contributed by atoms with Crippen LogP contribution in [0.15, 0.2) is 29.2 Å². The van der Waals surface area contributed by atoms with Crippen LogP contribution in [0.25, 0.3) is 0 Å². The lowest BCUT2D eigenvalue weighted by Gasteiger charge is -2.37. The van der Waals surface area contributed by atoms with Crippen LogP contribution in [0.2, 0.25) is 0 Å². The van der Waals surface area contributed by atoms with Gasteiger partial charge in [-0.1, -0.05) is 19.1 Å². The minimum absolute atomic E-state index is 0.151. The Balaban J connectivity index is 2.43.